The van der Waals surface area contributed by atoms with Crippen LogP contribution in [0.1, 0.15) is 0 Å². The minimum absolute atomic E-state index is 0.102. The second-order valence-corrected chi connectivity index (χ2v) is 5.89. The van der Waals surface area contributed by atoms with Crippen LogP contribution in [0.2, 0.25) is 0 Å². The monoisotopic (exact) mass is 306 g/mol. The standard InChI is InChI=1S/C12H10N4O2S2/c1-15-3-5-20-12(15)14-9(17)6-16-7-13-10-8(11(16)18)2-4-19-10/h2-5,7H,6H2,1H3. The van der Waals surface area contributed by atoms with E-state index in [9.17, 15) is 9.59 Å². The number of nitrogens with zero attached hydrogens (tertiary/aromatic N) is 4. The quantitative estimate of drug-likeness (QED) is 0.709. The number of carbonyl (C=O) groups is 1. The van der Waals surface area contributed by atoms with Crippen molar-refractivity contribution in [2.24, 2.45) is 12.0 Å². The maximum atomic E-state index is 12.1. The van der Waals surface area contributed by atoms with E-state index in [4.69, 9.17) is 0 Å². The number of amides is 1. The Kier molecular flexibility index (Phi) is 3.33. The molecule has 0 atom stereocenters. The topological polar surface area (TPSA) is 69.2 Å². The minimum Gasteiger partial charge on any atom is -0.327 e. The molecule has 0 N–H and O–H groups in total. The lowest BCUT2D eigenvalue weighted by Gasteiger charge is -2.01. The summed E-state index contributed by atoms with van der Waals surface area (Å²) in [6, 6.07) is 1.72. The summed E-state index contributed by atoms with van der Waals surface area (Å²) in [7, 11) is 1.81. The zero-order valence-corrected chi connectivity index (χ0v) is 12.1. The third-order valence-electron chi connectivity index (χ3n) is 2.74. The van der Waals surface area contributed by atoms with Crippen molar-refractivity contribution in [3.63, 3.8) is 0 Å². The molecule has 0 aromatic carbocycles. The lowest BCUT2D eigenvalue weighted by atomic mass is 10.4. The Hall–Kier alpha value is -2.06. The maximum absolute atomic E-state index is 12.1. The van der Waals surface area contributed by atoms with Gasteiger partial charge in [0.25, 0.3) is 11.5 Å². The second-order valence-electron chi connectivity index (χ2n) is 4.12. The summed E-state index contributed by atoms with van der Waals surface area (Å²) < 4.78 is 3.04. The van der Waals surface area contributed by atoms with E-state index in [-0.39, 0.29) is 18.0 Å². The van der Waals surface area contributed by atoms with Gasteiger partial charge in [-0.2, -0.15) is 4.99 Å². The van der Waals surface area contributed by atoms with Crippen LogP contribution in [0, 0.1) is 0 Å². The number of fused-ring (bicyclic) bond motifs is 1. The van der Waals surface area contributed by atoms with Crippen LogP contribution in [0.3, 0.4) is 0 Å². The first-order valence-electron chi connectivity index (χ1n) is 5.75. The van der Waals surface area contributed by atoms with Gasteiger partial charge in [-0.3, -0.25) is 14.2 Å². The fourth-order valence-corrected chi connectivity index (χ4v) is 3.20. The van der Waals surface area contributed by atoms with Crippen molar-refractivity contribution in [1.82, 2.24) is 14.1 Å². The summed E-state index contributed by atoms with van der Waals surface area (Å²) in [6.07, 6.45) is 3.21. The Morgan fingerprint density at radius 3 is 3.00 bits per heavy atom. The summed E-state index contributed by atoms with van der Waals surface area (Å²) in [5, 5.41) is 4.19. The van der Waals surface area contributed by atoms with Crippen LogP contribution >= 0.6 is 22.7 Å². The van der Waals surface area contributed by atoms with Gasteiger partial charge in [-0.1, -0.05) is 0 Å². The van der Waals surface area contributed by atoms with Gasteiger partial charge < -0.3 is 4.57 Å². The number of hydrogen-bond acceptors (Lipinski definition) is 5. The van der Waals surface area contributed by atoms with E-state index in [2.05, 4.69) is 9.98 Å². The normalized spacial score (nSPS) is 12.2. The van der Waals surface area contributed by atoms with Gasteiger partial charge in [0.15, 0.2) is 4.80 Å². The summed E-state index contributed by atoms with van der Waals surface area (Å²) in [4.78, 5) is 33.4. The van der Waals surface area contributed by atoms with Crippen molar-refractivity contribution in [3.8, 4) is 0 Å². The molecule has 0 bridgehead atoms. The lowest BCUT2D eigenvalue weighted by Crippen LogP contribution is -2.24. The van der Waals surface area contributed by atoms with Gasteiger partial charge in [-0.25, -0.2) is 4.98 Å². The molecular formula is C12H10N4O2S2. The van der Waals surface area contributed by atoms with Crippen LogP contribution in [-0.2, 0) is 18.4 Å². The van der Waals surface area contributed by atoms with E-state index in [1.807, 2.05) is 18.6 Å². The van der Waals surface area contributed by atoms with Crippen LogP contribution in [0.25, 0.3) is 10.2 Å². The first-order chi connectivity index (χ1) is 9.65. The first kappa shape index (κ1) is 12.9. The van der Waals surface area contributed by atoms with Gasteiger partial charge in [-0.15, -0.1) is 22.7 Å². The molecule has 102 valence electrons. The van der Waals surface area contributed by atoms with E-state index in [1.165, 1.54) is 33.6 Å². The van der Waals surface area contributed by atoms with E-state index < -0.39 is 0 Å². The highest BCUT2D eigenvalue weighted by Gasteiger charge is 2.08. The second kappa shape index (κ2) is 5.14. The number of aromatic nitrogens is 3. The predicted octanol–water partition coefficient (Wildman–Crippen LogP) is 0.986. The summed E-state index contributed by atoms with van der Waals surface area (Å²) in [5.74, 6) is -0.374. The van der Waals surface area contributed by atoms with Crippen LogP contribution in [0.15, 0.2) is 39.1 Å². The molecule has 3 aromatic heterocycles. The van der Waals surface area contributed by atoms with Crippen LogP contribution < -0.4 is 10.4 Å². The highest BCUT2D eigenvalue weighted by Crippen LogP contribution is 2.13. The molecule has 3 rings (SSSR count). The molecule has 0 fully saturated rings. The number of thiazole rings is 1. The van der Waals surface area contributed by atoms with Crippen LogP contribution in [-0.4, -0.2) is 20.0 Å². The highest BCUT2D eigenvalue weighted by atomic mass is 32.1. The van der Waals surface area contributed by atoms with E-state index >= 15 is 0 Å². The largest absolute Gasteiger partial charge is 0.327 e. The van der Waals surface area contributed by atoms with Gasteiger partial charge >= 0.3 is 0 Å². The predicted molar refractivity (Wildman–Crippen MR) is 77.7 cm³/mol. The third kappa shape index (κ3) is 2.35. The van der Waals surface area contributed by atoms with E-state index in [0.29, 0.717) is 15.0 Å². The zero-order chi connectivity index (χ0) is 14.1. The number of aryl methyl sites for hydroxylation is 1. The zero-order valence-electron chi connectivity index (χ0n) is 10.5. The molecule has 0 saturated carbocycles. The maximum Gasteiger partial charge on any atom is 0.268 e. The smallest absolute Gasteiger partial charge is 0.268 e. The van der Waals surface area contributed by atoms with Gasteiger partial charge in [0.1, 0.15) is 11.4 Å². The van der Waals surface area contributed by atoms with Gasteiger partial charge in [-0.05, 0) is 11.4 Å². The Labute approximate surface area is 121 Å². The molecule has 3 aromatic rings. The highest BCUT2D eigenvalue weighted by molar-refractivity contribution is 7.16. The average molecular weight is 306 g/mol. The Bertz CT molecular complexity index is 900. The molecule has 0 unspecified atom stereocenters. The lowest BCUT2D eigenvalue weighted by molar-refractivity contribution is -0.118. The van der Waals surface area contributed by atoms with E-state index in [0.717, 1.165) is 0 Å². The Balaban J connectivity index is 1.94. The number of hydrogen-bond donors (Lipinski definition) is 0. The number of thiophene rings is 1. The Morgan fingerprint density at radius 1 is 1.40 bits per heavy atom. The molecule has 0 radical (unpaired) electrons. The van der Waals surface area contributed by atoms with Gasteiger partial charge in [0.05, 0.1) is 11.7 Å². The SMILES string of the molecule is Cn1ccsc1=NC(=O)Cn1cnc2sccc2c1=O. The third-order valence-corrected chi connectivity index (χ3v) is 4.40. The summed E-state index contributed by atoms with van der Waals surface area (Å²) in [5.41, 5.74) is -0.213. The van der Waals surface area contributed by atoms with Crippen LogP contribution in [0.4, 0.5) is 0 Å². The molecule has 0 saturated heterocycles. The summed E-state index contributed by atoms with van der Waals surface area (Å²) in [6.45, 7) is -0.102. The van der Waals surface area contributed by atoms with E-state index in [1.54, 1.807) is 16.0 Å². The average Bonchev–Trinajstić information content (AvgIpc) is 3.03. The fraction of sp³-hybridized carbons (Fsp3) is 0.167. The minimum atomic E-state index is -0.374. The molecule has 0 aliphatic rings. The van der Waals surface area contributed by atoms with Gasteiger partial charge in [0.2, 0.25) is 0 Å². The molecule has 8 heteroatoms. The molecule has 0 aliphatic carbocycles. The molecule has 0 spiro atoms. The fourth-order valence-electron chi connectivity index (χ4n) is 1.73. The molecule has 3 heterocycles. The molecule has 0 aliphatic heterocycles. The summed E-state index contributed by atoms with van der Waals surface area (Å²) >= 11 is 2.77. The Morgan fingerprint density at radius 2 is 2.25 bits per heavy atom. The molecule has 6 nitrogen and oxygen atoms in total. The number of carbonyl (C=O) groups excluding carboxylic acids is 1. The van der Waals surface area contributed by atoms with Gasteiger partial charge in [0, 0.05) is 18.6 Å². The molecular weight excluding hydrogens is 296 g/mol. The van der Waals surface area contributed by atoms with Crippen molar-refractivity contribution >= 4 is 38.8 Å². The van der Waals surface area contributed by atoms with Crippen molar-refractivity contribution in [1.29, 1.82) is 0 Å². The van der Waals surface area contributed by atoms with Crippen molar-refractivity contribution in [3.05, 3.63) is 44.5 Å². The molecule has 1 amide bonds. The van der Waals surface area contributed by atoms with Crippen molar-refractivity contribution < 1.29 is 4.79 Å². The van der Waals surface area contributed by atoms with Crippen molar-refractivity contribution in [2.75, 3.05) is 0 Å². The number of rotatable bonds is 2. The van der Waals surface area contributed by atoms with Crippen LogP contribution in [0.5, 0.6) is 0 Å². The van der Waals surface area contributed by atoms with Crippen molar-refractivity contribution in [2.45, 2.75) is 6.54 Å². The molecule has 20 heavy (non-hydrogen) atoms. The first-order valence-corrected chi connectivity index (χ1v) is 7.51.